The number of carbonyl (C=O) groups excluding carboxylic acids is 1. The van der Waals surface area contributed by atoms with Gasteiger partial charge in [0.25, 0.3) is 0 Å². The van der Waals surface area contributed by atoms with Gasteiger partial charge < -0.3 is 0 Å². The van der Waals surface area contributed by atoms with Crippen molar-refractivity contribution in [2.75, 3.05) is 0 Å². The number of rotatable bonds is 0. The molecule has 23 heavy (non-hydrogen) atoms. The minimum absolute atomic E-state index is 0.252. The molecule has 0 amide bonds. The average molecular weight is 318 g/mol. The Kier molecular flexibility index (Phi) is 2.24. The molecule has 1 fully saturated rings. The Morgan fingerprint density at radius 1 is 1.30 bits per heavy atom. The van der Waals surface area contributed by atoms with Gasteiger partial charge in [-0.3, -0.25) is 9.89 Å². The first kappa shape index (κ1) is 13.3. The van der Waals surface area contributed by atoms with E-state index in [9.17, 15) is 18.0 Å². The molecule has 0 radical (unpaired) electrons. The highest BCUT2D eigenvalue weighted by molar-refractivity contribution is 6.10. The fourth-order valence-electron chi connectivity index (χ4n) is 4.96. The second-order valence-electron chi connectivity index (χ2n) is 6.93. The molecule has 0 aliphatic heterocycles. The number of benzene rings is 1. The van der Waals surface area contributed by atoms with Gasteiger partial charge in [0.1, 0.15) is 5.57 Å². The van der Waals surface area contributed by atoms with E-state index in [-0.39, 0.29) is 5.57 Å². The molecule has 1 heterocycles. The van der Waals surface area contributed by atoms with Crippen molar-refractivity contribution in [2.24, 2.45) is 11.3 Å². The first-order valence-corrected chi connectivity index (χ1v) is 7.72. The molecule has 118 valence electrons. The number of H-pyrrole nitrogens is 1. The summed E-state index contributed by atoms with van der Waals surface area (Å²) in [6.07, 6.45) is -0.568. The van der Waals surface area contributed by atoms with Crippen molar-refractivity contribution in [3.8, 4) is 0 Å². The largest absolute Gasteiger partial charge is 0.420 e. The maximum absolute atomic E-state index is 13.7. The third-order valence-electron chi connectivity index (χ3n) is 5.81. The lowest BCUT2D eigenvalue weighted by atomic mass is 9.71. The van der Waals surface area contributed by atoms with E-state index >= 15 is 0 Å². The molecule has 2 bridgehead atoms. The van der Waals surface area contributed by atoms with Crippen LogP contribution in [0.25, 0.3) is 16.5 Å². The maximum Gasteiger partial charge on any atom is 0.420 e. The quantitative estimate of drug-likeness (QED) is 0.803. The first-order chi connectivity index (χ1) is 10.9. The monoisotopic (exact) mass is 318 g/mol. The molecule has 0 saturated heterocycles. The fraction of sp³-hybridized carbons (Fsp3) is 0.412. The van der Waals surface area contributed by atoms with Crippen LogP contribution in [-0.4, -0.2) is 22.2 Å². The summed E-state index contributed by atoms with van der Waals surface area (Å²) in [6, 6.07) is 3.48. The SMILES string of the molecule is O=C1C(C(F)(F)F)=C2c3ccc4[nH]ncc4c3CC23CC[C@@H]1C3. The van der Waals surface area contributed by atoms with Gasteiger partial charge in [-0.25, -0.2) is 0 Å². The molecule has 2 atom stereocenters. The lowest BCUT2D eigenvalue weighted by Crippen LogP contribution is -2.34. The molecule has 1 aromatic heterocycles. The number of hydrogen-bond donors (Lipinski definition) is 1. The van der Waals surface area contributed by atoms with Crippen LogP contribution in [-0.2, 0) is 11.2 Å². The molecular formula is C17H13F3N2O. The molecule has 3 aliphatic rings. The third kappa shape index (κ3) is 1.51. The number of alkyl halides is 3. The van der Waals surface area contributed by atoms with Crippen LogP contribution < -0.4 is 0 Å². The number of allylic oxidation sites excluding steroid dienone is 2. The summed E-state index contributed by atoms with van der Waals surface area (Å²) in [5, 5.41) is 7.75. The molecule has 1 unspecified atom stereocenters. The Labute approximate surface area is 129 Å². The van der Waals surface area contributed by atoms with Crippen molar-refractivity contribution in [2.45, 2.75) is 31.9 Å². The number of aromatic nitrogens is 2. The summed E-state index contributed by atoms with van der Waals surface area (Å²) >= 11 is 0. The summed E-state index contributed by atoms with van der Waals surface area (Å²) in [5.41, 5.74) is 1.17. The van der Waals surface area contributed by atoms with E-state index in [2.05, 4.69) is 10.2 Å². The molecule has 1 aromatic carbocycles. The Morgan fingerprint density at radius 2 is 2.13 bits per heavy atom. The van der Waals surface area contributed by atoms with Gasteiger partial charge in [-0.1, -0.05) is 6.07 Å². The molecule has 1 N–H and O–H groups in total. The van der Waals surface area contributed by atoms with E-state index in [1.807, 2.05) is 0 Å². The predicted octanol–water partition coefficient (Wildman–Crippen LogP) is 3.80. The summed E-state index contributed by atoms with van der Waals surface area (Å²) in [6.45, 7) is 0. The molecule has 2 aromatic rings. The molecule has 1 saturated carbocycles. The van der Waals surface area contributed by atoms with Gasteiger partial charge in [-0.2, -0.15) is 18.3 Å². The van der Waals surface area contributed by atoms with Gasteiger partial charge in [0.05, 0.1) is 11.7 Å². The number of nitrogens with one attached hydrogen (secondary N) is 1. The summed E-state index contributed by atoms with van der Waals surface area (Å²) in [4.78, 5) is 12.4. The number of aromatic amines is 1. The lowest BCUT2D eigenvalue weighted by Gasteiger charge is -2.33. The first-order valence-electron chi connectivity index (χ1n) is 7.72. The Hall–Kier alpha value is -2.11. The second kappa shape index (κ2) is 3.86. The average Bonchev–Trinajstić information content (AvgIpc) is 3.15. The third-order valence-corrected chi connectivity index (χ3v) is 5.81. The highest BCUT2D eigenvalue weighted by atomic mass is 19.4. The molecule has 6 heteroatoms. The summed E-state index contributed by atoms with van der Waals surface area (Å²) in [5.74, 6) is -1.18. The summed E-state index contributed by atoms with van der Waals surface area (Å²) in [7, 11) is 0. The van der Waals surface area contributed by atoms with Gasteiger partial charge >= 0.3 is 6.18 Å². The predicted molar refractivity (Wildman–Crippen MR) is 77.6 cm³/mol. The molecule has 3 aliphatic carbocycles. The highest BCUT2D eigenvalue weighted by Gasteiger charge is 2.59. The molecule has 5 rings (SSSR count). The maximum atomic E-state index is 13.7. The van der Waals surface area contributed by atoms with Crippen LogP contribution in [0.5, 0.6) is 0 Å². The van der Waals surface area contributed by atoms with E-state index in [1.165, 1.54) is 0 Å². The minimum atomic E-state index is -4.59. The number of fused-ring (bicyclic) bond motifs is 5. The second-order valence-corrected chi connectivity index (χ2v) is 6.93. The van der Waals surface area contributed by atoms with E-state index < -0.39 is 28.9 Å². The van der Waals surface area contributed by atoms with Crippen molar-refractivity contribution in [3.63, 3.8) is 0 Å². The van der Waals surface area contributed by atoms with Gasteiger partial charge in [0.15, 0.2) is 5.78 Å². The van der Waals surface area contributed by atoms with Crippen LogP contribution in [0.15, 0.2) is 23.9 Å². The summed E-state index contributed by atoms with van der Waals surface area (Å²) < 4.78 is 41.0. The van der Waals surface area contributed by atoms with Gasteiger partial charge in [0.2, 0.25) is 0 Å². The van der Waals surface area contributed by atoms with Gasteiger partial charge in [-0.15, -0.1) is 0 Å². The fourth-order valence-corrected chi connectivity index (χ4v) is 4.96. The highest BCUT2D eigenvalue weighted by Crippen LogP contribution is 2.64. The topological polar surface area (TPSA) is 45.8 Å². The van der Waals surface area contributed by atoms with Gasteiger partial charge in [-0.05, 0) is 48.4 Å². The number of Topliss-reactive ketones (excluding diaryl/α,β-unsaturated/α-hetero) is 1. The normalized spacial score (nSPS) is 29.3. The zero-order chi connectivity index (χ0) is 16.0. The van der Waals surface area contributed by atoms with E-state index in [4.69, 9.17) is 0 Å². The van der Waals surface area contributed by atoms with Crippen LogP contribution in [0.2, 0.25) is 0 Å². The molecular weight excluding hydrogens is 305 g/mol. The van der Waals surface area contributed by atoms with E-state index in [1.54, 1.807) is 18.3 Å². The molecule has 1 spiro atoms. The lowest BCUT2D eigenvalue weighted by molar-refractivity contribution is -0.132. The molecule has 3 nitrogen and oxygen atoms in total. The van der Waals surface area contributed by atoms with Crippen LogP contribution in [0.3, 0.4) is 0 Å². The Balaban J connectivity index is 1.89. The van der Waals surface area contributed by atoms with Crippen LogP contribution in [0, 0.1) is 11.3 Å². The van der Waals surface area contributed by atoms with Crippen molar-refractivity contribution in [3.05, 3.63) is 35.0 Å². The van der Waals surface area contributed by atoms with Crippen molar-refractivity contribution in [1.82, 2.24) is 10.2 Å². The Bertz CT molecular complexity index is 908. The minimum Gasteiger partial charge on any atom is -0.294 e. The van der Waals surface area contributed by atoms with Crippen molar-refractivity contribution < 1.29 is 18.0 Å². The van der Waals surface area contributed by atoms with Crippen LogP contribution >= 0.6 is 0 Å². The van der Waals surface area contributed by atoms with Gasteiger partial charge in [0, 0.05) is 16.7 Å². The van der Waals surface area contributed by atoms with Crippen molar-refractivity contribution >= 4 is 22.3 Å². The van der Waals surface area contributed by atoms with Crippen LogP contribution in [0.4, 0.5) is 13.2 Å². The van der Waals surface area contributed by atoms with Crippen LogP contribution in [0.1, 0.15) is 30.4 Å². The number of halogens is 3. The standard InChI is InChI=1S/C17H13F3N2O/c18-17(19,20)14-13-9-1-2-12-11(7-21-22-12)10(9)6-16(13)4-3-8(5-16)15(14)23/h1-2,7-8H,3-6H2,(H,21,22)/t8-,16?/m1/s1. The van der Waals surface area contributed by atoms with E-state index in [0.717, 1.165) is 16.5 Å². The smallest absolute Gasteiger partial charge is 0.294 e. The zero-order valence-electron chi connectivity index (χ0n) is 12.1. The zero-order valence-corrected chi connectivity index (χ0v) is 12.1. The number of nitrogens with zero attached hydrogens (tertiary/aromatic N) is 1. The number of ketones is 1. The number of hydrogen-bond acceptors (Lipinski definition) is 2. The van der Waals surface area contributed by atoms with E-state index in [0.29, 0.717) is 31.2 Å². The Morgan fingerprint density at radius 3 is 2.91 bits per heavy atom. The van der Waals surface area contributed by atoms with Crippen molar-refractivity contribution in [1.29, 1.82) is 0 Å². The number of carbonyl (C=O) groups is 1.